The van der Waals surface area contributed by atoms with E-state index in [1.807, 2.05) is 6.08 Å². The molecule has 2 N–H and O–H groups in total. The van der Waals surface area contributed by atoms with Crippen LogP contribution in [0.15, 0.2) is 35.7 Å². The Hall–Kier alpha value is -1.95. The summed E-state index contributed by atoms with van der Waals surface area (Å²) in [6.45, 7) is 0. The second-order valence-electron chi connectivity index (χ2n) is 3.31. The van der Waals surface area contributed by atoms with Crippen molar-refractivity contribution in [3.63, 3.8) is 0 Å². The average molecular weight is 235 g/mol. The Labute approximate surface area is 97.5 Å². The third-order valence-electron chi connectivity index (χ3n) is 2.22. The van der Waals surface area contributed by atoms with Crippen molar-refractivity contribution in [3.05, 3.63) is 35.7 Å². The summed E-state index contributed by atoms with van der Waals surface area (Å²) < 4.78 is 0. The monoisotopic (exact) mass is 235 g/mol. The van der Waals surface area contributed by atoms with Gasteiger partial charge in [-0.1, -0.05) is 6.08 Å². The van der Waals surface area contributed by atoms with E-state index in [9.17, 15) is 9.59 Å². The minimum absolute atomic E-state index is 0.0392. The SMILES string of the molecule is CN1C=CC=CC1=C1C(=O)NC(=S)NC1=O. The predicted molar refractivity (Wildman–Crippen MR) is 62.0 cm³/mol. The van der Waals surface area contributed by atoms with E-state index in [2.05, 4.69) is 10.6 Å². The molecule has 16 heavy (non-hydrogen) atoms. The molecule has 1 fully saturated rings. The lowest BCUT2D eigenvalue weighted by Crippen LogP contribution is -2.52. The molecule has 6 heteroatoms. The van der Waals surface area contributed by atoms with Crippen molar-refractivity contribution in [2.24, 2.45) is 0 Å². The van der Waals surface area contributed by atoms with Crippen LogP contribution in [0.4, 0.5) is 0 Å². The van der Waals surface area contributed by atoms with Gasteiger partial charge in [0.1, 0.15) is 5.57 Å². The Kier molecular flexibility index (Phi) is 2.57. The molecule has 0 aromatic carbocycles. The van der Waals surface area contributed by atoms with Gasteiger partial charge in [-0.3, -0.25) is 20.2 Å². The second-order valence-corrected chi connectivity index (χ2v) is 3.72. The first-order chi connectivity index (χ1) is 7.59. The third-order valence-corrected chi connectivity index (χ3v) is 2.42. The van der Waals surface area contributed by atoms with Gasteiger partial charge in [-0.2, -0.15) is 0 Å². The number of likely N-dealkylation sites (N-methyl/N-ethyl adjacent to an activating group) is 1. The maximum absolute atomic E-state index is 11.7. The fraction of sp³-hybridized carbons (Fsp3) is 0.100. The minimum atomic E-state index is -0.476. The highest BCUT2D eigenvalue weighted by atomic mass is 32.1. The van der Waals surface area contributed by atoms with Crippen molar-refractivity contribution in [1.29, 1.82) is 0 Å². The molecular weight excluding hydrogens is 226 g/mol. The summed E-state index contributed by atoms with van der Waals surface area (Å²) in [7, 11) is 1.76. The van der Waals surface area contributed by atoms with E-state index in [-0.39, 0.29) is 10.7 Å². The number of rotatable bonds is 0. The molecule has 0 bridgehead atoms. The predicted octanol–water partition coefficient (Wildman–Crippen LogP) is -0.213. The molecule has 0 radical (unpaired) electrons. The summed E-state index contributed by atoms with van der Waals surface area (Å²) in [5.41, 5.74) is 0.608. The largest absolute Gasteiger partial charge is 0.350 e. The van der Waals surface area contributed by atoms with Gasteiger partial charge in [-0.15, -0.1) is 0 Å². The molecule has 0 spiro atoms. The first kappa shape index (κ1) is 10.6. The van der Waals surface area contributed by atoms with E-state index < -0.39 is 11.8 Å². The quantitative estimate of drug-likeness (QED) is 0.346. The molecule has 0 aromatic rings. The van der Waals surface area contributed by atoms with Crippen LogP contribution in [0.2, 0.25) is 0 Å². The van der Waals surface area contributed by atoms with Gasteiger partial charge in [0.2, 0.25) is 0 Å². The van der Waals surface area contributed by atoms with Crippen LogP contribution >= 0.6 is 12.2 Å². The van der Waals surface area contributed by atoms with Gasteiger partial charge < -0.3 is 4.90 Å². The van der Waals surface area contributed by atoms with E-state index in [1.54, 1.807) is 30.3 Å². The number of hydrogen-bond donors (Lipinski definition) is 2. The van der Waals surface area contributed by atoms with Gasteiger partial charge in [0.05, 0.1) is 5.70 Å². The second kappa shape index (κ2) is 3.90. The van der Waals surface area contributed by atoms with Crippen LogP contribution in [0, 0.1) is 0 Å². The molecule has 0 atom stereocenters. The van der Waals surface area contributed by atoms with Crippen LogP contribution in [0.25, 0.3) is 0 Å². The molecule has 0 aromatic heterocycles. The first-order valence-electron chi connectivity index (χ1n) is 4.58. The molecule has 82 valence electrons. The highest BCUT2D eigenvalue weighted by Crippen LogP contribution is 2.16. The van der Waals surface area contributed by atoms with Crippen molar-refractivity contribution in [1.82, 2.24) is 15.5 Å². The Balaban J connectivity index is 2.46. The summed E-state index contributed by atoms with van der Waals surface area (Å²) >= 11 is 4.71. The summed E-state index contributed by atoms with van der Waals surface area (Å²) in [4.78, 5) is 25.0. The molecule has 0 saturated carbocycles. The van der Waals surface area contributed by atoms with Gasteiger partial charge in [0.15, 0.2) is 5.11 Å². The van der Waals surface area contributed by atoms with E-state index in [0.29, 0.717) is 5.70 Å². The van der Waals surface area contributed by atoms with Crippen LogP contribution in [0.3, 0.4) is 0 Å². The summed E-state index contributed by atoms with van der Waals surface area (Å²) in [5, 5.41) is 4.83. The first-order valence-corrected chi connectivity index (χ1v) is 4.99. The fourth-order valence-corrected chi connectivity index (χ4v) is 1.67. The Morgan fingerprint density at radius 3 is 2.38 bits per heavy atom. The normalized spacial score (nSPS) is 20.1. The zero-order valence-electron chi connectivity index (χ0n) is 8.48. The zero-order valence-corrected chi connectivity index (χ0v) is 9.30. The van der Waals surface area contributed by atoms with Crippen molar-refractivity contribution < 1.29 is 9.59 Å². The summed E-state index contributed by atoms with van der Waals surface area (Å²) in [6, 6.07) is 0. The van der Waals surface area contributed by atoms with Gasteiger partial charge >= 0.3 is 0 Å². The van der Waals surface area contributed by atoms with Gasteiger partial charge in [0.25, 0.3) is 11.8 Å². The molecule has 1 saturated heterocycles. The number of nitrogens with one attached hydrogen (secondary N) is 2. The van der Waals surface area contributed by atoms with E-state index in [1.165, 1.54) is 0 Å². The van der Waals surface area contributed by atoms with Gasteiger partial charge in [-0.05, 0) is 24.4 Å². The lowest BCUT2D eigenvalue weighted by Gasteiger charge is -2.24. The molecule has 2 amide bonds. The lowest BCUT2D eigenvalue weighted by atomic mass is 10.1. The average Bonchev–Trinajstić information content (AvgIpc) is 2.19. The van der Waals surface area contributed by atoms with E-state index in [0.717, 1.165) is 0 Å². The highest BCUT2D eigenvalue weighted by molar-refractivity contribution is 7.80. The Bertz CT molecular complexity index is 454. The maximum Gasteiger partial charge on any atom is 0.265 e. The molecule has 2 aliphatic heterocycles. The number of carbonyl (C=O) groups is 2. The molecule has 2 rings (SSSR count). The smallest absolute Gasteiger partial charge is 0.265 e. The van der Waals surface area contributed by atoms with Crippen molar-refractivity contribution in [3.8, 4) is 0 Å². The zero-order chi connectivity index (χ0) is 11.7. The lowest BCUT2D eigenvalue weighted by molar-refractivity contribution is -0.123. The van der Waals surface area contributed by atoms with Crippen molar-refractivity contribution in [2.75, 3.05) is 7.05 Å². The van der Waals surface area contributed by atoms with Crippen LogP contribution in [-0.2, 0) is 9.59 Å². The van der Waals surface area contributed by atoms with Crippen LogP contribution in [0.5, 0.6) is 0 Å². The van der Waals surface area contributed by atoms with Crippen LogP contribution in [-0.4, -0.2) is 28.9 Å². The van der Waals surface area contributed by atoms with Crippen molar-refractivity contribution >= 4 is 29.1 Å². The third kappa shape index (κ3) is 1.74. The van der Waals surface area contributed by atoms with E-state index >= 15 is 0 Å². The fourth-order valence-electron chi connectivity index (χ4n) is 1.48. The van der Waals surface area contributed by atoms with Crippen LogP contribution in [0.1, 0.15) is 0 Å². The molecule has 2 heterocycles. The van der Waals surface area contributed by atoms with Gasteiger partial charge in [0, 0.05) is 13.2 Å². The highest BCUT2D eigenvalue weighted by Gasteiger charge is 2.29. The minimum Gasteiger partial charge on any atom is -0.350 e. The standard InChI is InChI=1S/C10H9N3O2S/c1-13-5-3-2-4-6(13)7-8(14)11-10(16)12-9(7)15/h2-5H,1H3,(H2,11,12,14,15,16). The number of nitrogens with zero attached hydrogens (tertiary/aromatic N) is 1. The van der Waals surface area contributed by atoms with E-state index in [4.69, 9.17) is 12.2 Å². The number of thiocarbonyl (C=S) groups is 1. The molecule has 0 unspecified atom stereocenters. The number of carbonyl (C=O) groups excluding carboxylic acids is 2. The molecule has 2 aliphatic rings. The maximum atomic E-state index is 11.7. The topological polar surface area (TPSA) is 61.4 Å². The molecule has 0 aliphatic carbocycles. The summed E-state index contributed by atoms with van der Waals surface area (Å²) in [6.07, 6.45) is 7.03. The van der Waals surface area contributed by atoms with Crippen molar-refractivity contribution in [2.45, 2.75) is 0 Å². The van der Waals surface area contributed by atoms with Crippen LogP contribution < -0.4 is 10.6 Å². The number of hydrogen-bond acceptors (Lipinski definition) is 4. The summed E-state index contributed by atoms with van der Waals surface area (Å²) in [5.74, 6) is -0.953. The Morgan fingerprint density at radius 1 is 1.19 bits per heavy atom. The number of amides is 2. The number of allylic oxidation sites excluding steroid dienone is 3. The molecule has 5 nitrogen and oxygen atoms in total. The van der Waals surface area contributed by atoms with Gasteiger partial charge in [-0.25, -0.2) is 0 Å². The Morgan fingerprint density at radius 2 is 1.81 bits per heavy atom. The molecular formula is C10H9N3O2S.